The maximum atomic E-state index is 12.9. The van der Waals surface area contributed by atoms with Gasteiger partial charge in [-0.1, -0.05) is 0 Å². The largest absolute Gasteiger partial charge is 0.381 e. The van der Waals surface area contributed by atoms with Crippen LogP contribution in [0.25, 0.3) is 0 Å². The van der Waals surface area contributed by atoms with E-state index in [-0.39, 0.29) is 24.3 Å². The zero-order chi connectivity index (χ0) is 13.7. The van der Waals surface area contributed by atoms with E-state index in [0.717, 1.165) is 22.1 Å². The van der Waals surface area contributed by atoms with Crippen LogP contribution in [-0.4, -0.2) is 31.7 Å². The molecule has 1 aliphatic rings. The Bertz CT molecular complexity index is 450. The third-order valence-electron chi connectivity index (χ3n) is 2.96. The Labute approximate surface area is 125 Å². The monoisotopic (exact) mass is 378 g/mol. The average molecular weight is 378 g/mol. The number of anilines is 1. The number of benzene rings is 1. The Hall–Kier alpha value is -0.890. The van der Waals surface area contributed by atoms with Crippen molar-refractivity contribution in [2.45, 2.75) is 18.9 Å². The molecule has 0 radical (unpaired) electrons. The van der Waals surface area contributed by atoms with Crippen LogP contribution in [0.1, 0.15) is 12.8 Å². The fourth-order valence-electron chi connectivity index (χ4n) is 1.93. The standard InChI is InChI=1S/C13H16FIN2O2/c14-9-1-2-12(11(15)7-9)16-8-13(18)17-10-3-5-19-6-4-10/h1-2,7,10,16H,3-6,8H2,(H,17,18). The molecule has 0 aromatic heterocycles. The van der Waals surface area contributed by atoms with Crippen LogP contribution in [0.4, 0.5) is 10.1 Å². The quantitative estimate of drug-likeness (QED) is 0.790. The van der Waals surface area contributed by atoms with Crippen LogP contribution in [0.2, 0.25) is 0 Å². The third-order valence-corrected chi connectivity index (χ3v) is 3.85. The summed E-state index contributed by atoms with van der Waals surface area (Å²) < 4.78 is 18.9. The molecular weight excluding hydrogens is 362 g/mol. The minimum Gasteiger partial charge on any atom is -0.381 e. The van der Waals surface area contributed by atoms with Gasteiger partial charge < -0.3 is 15.4 Å². The summed E-state index contributed by atoms with van der Waals surface area (Å²) >= 11 is 2.04. The summed E-state index contributed by atoms with van der Waals surface area (Å²) in [6.07, 6.45) is 1.72. The van der Waals surface area contributed by atoms with Gasteiger partial charge in [-0.25, -0.2) is 4.39 Å². The average Bonchev–Trinajstić information content (AvgIpc) is 2.39. The van der Waals surface area contributed by atoms with E-state index in [4.69, 9.17) is 4.74 Å². The van der Waals surface area contributed by atoms with E-state index in [1.165, 1.54) is 12.1 Å². The fraction of sp³-hybridized carbons (Fsp3) is 0.462. The number of ether oxygens (including phenoxy) is 1. The summed E-state index contributed by atoms with van der Waals surface area (Å²) in [5, 5.41) is 5.97. The number of hydrogen-bond donors (Lipinski definition) is 2. The Balaban J connectivity index is 1.79. The van der Waals surface area contributed by atoms with Gasteiger partial charge in [0.2, 0.25) is 5.91 Å². The highest BCUT2D eigenvalue weighted by molar-refractivity contribution is 14.1. The van der Waals surface area contributed by atoms with Crippen LogP contribution < -0.4 is 10.6 Å². The van der Waals surface area contributed by atoms with E-state index >= 15 is 0 Å². The molecule has 1 amide bonds. The first kappa shape index (κ1) is 14.5. The van der Waals surface area contributed by atoms with Gasteiger partial charge in [-0.05, 0) is 53.6 Å². The molecule has 1 fully saturated rings. The van der Waals surface area contributed by atoms with Crippen molar-refractivity contribution in [1.29, 1.82) is 0 Å². The molecule has 1 aliphatic heterocycles. The van der Waals surface area contributed by atoms with E-state index < -0.39 is 0 Å². The van der Waals surface area contributed by atoms with E-state index in [9.17, 15) is 9.18 Å². The number of amides is 1. The lowest BCUT2D eigenvalue weighted by molar-refractivity contribution is -0.120. The zero-order valence-electron chi connectivity index (χ0n) is 10.4. The van der Waals surface area contributed by atoms with Gasteiger partial charge in [0.15, 0.2) is 0 Å². The van der Waals surface area contributed by atoms with E-state index in [0.29, 0.717) is 13.2 Å². The number of halogens is 2. The van der Waals surface area contributed by atoms with Gasteiger partial charge >= 0.3 is 0 Å². The topological polar surface area (TPSA) is 50.4 Å². The predicted octanol–water partition coefficient (Wildman–Crippen LogP) is 2.14. The molecule has 1 aromatic carbocycles. The van der Waals surface area contributed by atoms with Gasteiger partial charge in [0.1, 0.15) is 5.82 Å². The molecule has 0 bridgehead atoms. The molecular formula is C13H16FIN2O2. The smallest absolute Gasteiger partial charge is 0.239 e. The maximum Gasteiger partial charge on any atom is 0.239 e. The number of hydrogen-bond acceptors (Lipinski definition) is 3. The Kier molecular flexibility index (Phi) is 5.38. The van der Waals surface area contributed by atoms with Crippen LogP contribution in [0.3, 0.4) is 0 Å². The van der Waals surface area contributed by atoms with Crippen molar-refractivity contribution in [3.8, 4) is 0 Å². The van der Waals surface area contributed by atoms with Crippen LogP contribution in [0, 0.1) is 9.39 Å². The normalized spacial score (nSPS) is 16.1. The van der Waals surface area contributed by atoms with E-state index in [1.54, 1.807) is 6.07 Å². The summed E-state index contributed by atoms with van der Waals surface area (Å²) in [5.74, 6) is -0.325. The molecule has 6 heteroatoms. The fourth-order valence-corrected chi connectivity index (χ4v) is 2.60. The zero-order valence-corrected chi connectivity index (χ0v) is 12.6. The second-order valence-electron chi connectivity index (χ2n) is 4.43. The third kappa shape index (κ3) is 4.61. The molecule has 1 saturated heterocycles. The molecule has 19 heavy (non-hydrogen) atoms. The first-order valence-electron chi connectivity index (χ1n) is 6.21. The van der Waals surface area contributed by atoms with Gasteiger partial charge in [-0.2, -0.15) is 0 Å². The molecule has 0 aliphatic carbocycles. The number of carbonyl (C=O) groups excluding carboxylic acids is 1. The first-order valence-corrected chi connectivity index (χ1v) is 7.29. The summed E-state index contributed by atoms with van der Waals surface area (Å²) in [7, 11) is 0. The van der Waals surface area contributed by atoms with Crippen molar-refractivity contribution in [2.75, 3.05) is 25.1 Å². The molecule has 1 aromatic rings. The Morgan fingerprint density at radius 1 is 1.42 bits per heavy atom. The molecule has 4 nitrogen and oxygen atoms in total. The highest BCUT2D eigenvalue weighted by Gasteiger charge is 2.15. The van der Waals surface area contributed by atoms with Gasteiger partial charge in [-0.3, -0.25) is 4.79 Å². The van der Waals surface area contributed by atoms with Crippen LogP contribution >= 0.6 is 22.6 Å². The molecule has 2 rings (SSSR count). The van der Waals surface area contributed by atoms with Crippen molar-refractivity contribution in [1.82, 2.24) is 5.32 Å². The second-order valence-corrected chi connectivity index (χ2v) is 5.59. The van der Waals surface area contributed by atoms with E-state index in [1.807, 2.05) is 22.6 Å². The van der Waals surface area contributed by atoms with Crippen molar-refractivity contribution in [2.24, 2.45) is 0 Å². The molecule has 2 N–H and O–H groups in total. The first-order chi connectivity index (χ1) is 9.15. The van der Waals surface area contributed by atoms with E-state index in [2.05, 4.69) is 10.6 Å². The number of rotatable bonds is 4. The van der Waals surface area contributed by atoms with Gasteiger partial charge in [0.25, 0.3) is 0 Å². The number of nitrogens with one attached hydrogen (secondary N) is 2. The SMILES string of the molecule is O=C(CNc1ccc(F)cc1I)NC1CCOCC1. The van der Waals surface area contributed by atoms with Crippen molar-refractivity contribution in [3.05, 3.63) is 27.6 Å². The molecule has 0 atom stereocenters. The summed E-state index contributed by atoms with van der Waals surface area (Å²) in [6, 6.07) is 4.65. The molecule has 0 saturated carbocycles. The van der Waals surface area contributed by atoms with Crippen molar-refractivity contribution in [3.63, 3.8) is 0 Å². The van der Waals surface area contributed by atoms with Gasteiger partial charge in [0.05, 0.1) is 6.54 Å². The Morgan fingerprint density at radius 2 is 2.16 bits per heavy atom. The van der Waals surface area contributed by atoms with Gasteiger partial charge in [-0.15, -0.1) is 0 Å². The summed E-state index contributed by atoms with van der Waals surface area (Å²) in [6.45, 7) is 1.60. The van der Waals surface area contributed by atoms with Gasteiger partial charge in [0, 0.05) is 28.5 Å². The summed E-state index contributed by atoms with van der Waals surface area (Å²) in [4.78, 5) is 11.8. The van der Waals surface area contributed by atoms with Crippen LogP contribution in [0.5, 0.6) is 0 Å². The number of carbonyl (C=O) groups is 1. The second kappa shape index (κ2) is 7.04. The lowest BCUT2D eigenvalue weighted by Gasteiger charge is -2.23. The minimum absolute atomic E-state index is 0.0491. The predicted molar refractivity (Wildman–Crippen MR) is 79.6 cm³/mol. The minimum atomic E-state index is -0.276. The maximum absolute atomic E-state index is 12.9. The lowest BCUT2D eigenvalue weighted by Crippen LogP contribution is -2.41. The summed E-state index contributed by atoms with van der Waals surface area (Å²) in [5.41, 5.74) is 0.768. The van der Waals surface area contributed by atoms with Crippen molar-refractivity contribution < 1.29 is 13.9 Å². The molecule has 0 unspecified atom stereocenters. The molecule has 104 valence electrons. The van der Waals surface area contributed by atoms with Crippen molar-refractivity contribution >= 4 is 34.2 Å². The lowest BCUT2D eigenvalue weighted by atomic mass is 10.1. The Morgan fingerprint density at radius 3 is 2.84 bits per heavy atom. The molecule has 1 heterocycles. The highest BCUT2D eigenvalue weighted by atomic mass is 127. The highest BCUT2D eigenvalue weighted by Crippen LogP contribution is 2.18. The molecule has 0 spiro atoms. The van der Waals surface area contributed by atoms with Crippen LogP contribution in [0.15, 0.2) is 18.2 Å². The van der Waals surface area contributed by atoms with Crippen LogP contribution in [-0.2, 0) is 9.53 Å².